The number of para-hydroxylation sites is 1. The highest BCUT2D eigenvalue weighted by Gasteiger charge is 2.21. The smallest absolute Gasteiger partial charge is 0.274 e. The zero-order valence-electron chi connectivity index (χ0n) is 13.3. The molecule has 0 bridgehead atoms. The Hall–Kier alpha value is -2.99. The van der Waals surface area contributed by atoms with Crippen LogP contribution in [0.15, 0.2) is 60.7 Å². The molecule has 0 saturated carbocycles. The lowest BCUT2D eigenvalue weighted by Crippen LogP contribution is -2.27. The molecule has 1 heterocycles. The SMILES string of the molecule is COCCNC(=O)c1nnn(-c2ccccc2)c1-c1ccccc1. The molecule has 0 saturated heterocycles. The Labute approximate surface area is 140 Å². The number of carbonyl (C=O) groups excluding carboxylic acids is 1. The molecule has 0 aliphatic carbocycles. The molecule has 122 valence electrons. The molecule has 2 aromatic carbocycles. The van der Waals surface area contributed by atoms with E-state index in [2.05, 4.69) is 15.6 Å². The van der Waals surface area contributed by atoms with Crippen LogP contribution in [-0.2, 0) is 4.74 Å². The number of amides is 1. The van der Waals surface area contributed by atoms with Crippen LogP contribution >= 0.6 is 0 Å². The van der Waals surface area contributed by atoms with Gasteiger partial charge in [0.05, 0.1) is 12.3 Å². The maximum absolute atomic E-state index is 12.5. The van der Waals surface area contributed by atoms with Crippen molar-refractivity contribution in [2.75, 3.05) is 20.3 Å². The molecule has 1 N–H and O–H groups in total. The lowest BCUT2D eigenvalue weighted by molar-refractivity contribution is 0.0932. The summed E-state index contributed by atoms with van der Waals surface area (Å²) in [4.78, 5) is 12.5. The Morgan fingerprint density at radius 2 is 1.75 bits per heavy atom. The van der Waals surface area contributed by atoms with Crippen LogP contribution in [0, 0.1) is 0 Å². The van der Waals surface area contributed by atoms with E-state index in [-0.39, 0.29) is 5.91 Å². The molecule has 3 aromatic rings. The van der Waals surface area contributed by atoms with Crippen molar-refractivity contribution >= 4 is 5.91 Å². The van der Waals surface area contributed by atoms with Gasteiger partial charge < -0.3 is 10.1 Å². The zero-order chi connectivity index (χ0) is 16.8. The summed E-state index contributed by atoms with van der Waals surface area (Å²) in [7, 11) is 1.59. The van der Waals surface area contributed by atoms with Crippen molar-refractivity contribution in [2.24, 2.45) is 0 Å². The van der Waals surface area contributed by atoms with E-state index < -0.39 is 0 Å². The second kappa shape index (κ2) is 7.52. The van der Waals surface area contributed by atoms with Crippen molar-refractivity contribution in [3.63, 3.8) is 0 Å². The first-order valence-corrected chi connectivity index (χ1v) is 7.65. The number of ether oxygens (including phenoxy) is 1. The Bertz CT molecular complexity index is 800. The van der Waals surface area contributed by atoms with E-state index in [4.69, 9.17) is 4.74 Å². The normalized spacial score (nSPS) is 10.5. The molecule has 3 rings (SSSR count). The quantitative estimate of drug-likeness (QED) is 0.707. The third-order valence-electron chi connectivity index (χ3n) is 3.53. The number of nitrogens with one attached hydrogen (secondary N) is 1. The first-order chi connectivity index (χ1) is 11.8. The summed E-state index contributed by atoms with van der Waals surface area (Å²) >= 11 is 0. The van der Waals surface area contributed by atoms with Crippen LogP contribution in [0.25, 0.3) is 16.9 Å². The summed E-state index contributed by atoms with van der Waals surface area (Å²) in [5.74, 6) is -0.270. The molecule has 0 spiro atoms. The third kappa shape index (κ3) is 3.33. The van der Waals surface area contributed by atoms with Crippen LogP contribution in [0.1, 0.15) is 10.5 Å². The fourth-order valence-electron chi connectivity index (χ4n) is 2.39. The van der Waals surface area contributed by atoms with E-state index in [1.807, 2.05) is 60.7 Å². The van der Waals surface area contributed by atoms with Crippen molar-refractivity contribution in [1.29, 1.82) is 0 Å². The molecule has 0 atom stereocenters. The van der Waals surface area contributed by atoms with Gasteiger partial charge in [-0.1, -0.05) is 53.7 Å². The average molecular weight is 322 g/mol. The zero-order valence-corrected chi connectivity index (χ0v) is 13.3. The van der Waals surface area contributed by atoms with Crippen LogP contribution in [0.4, 0.5) is 0 Å². The van der Waals surface area contributed by atoms with Crippen LogP contribution in [-0.4, -0.2) is 41.2 Å². The van der Waals surface area contributed by atoms with Crippen molar-refractivity contribution in [3.8, 4) is 16.9 Å². The van der Waals surface area contributed by atoms with Gasteiger partial charge in [-0.25, -0.2) is 4.68 Å². The van der Waals surface area contributed by atoms with Gasteiger partial charge in [-0.2, -0.15) is 0 Å². The van der Waals surface area contributed by atoms with Gasteiger partial charge in [0.25, 0.3) is 5.91 Å². The average Bonchev–Trinajstić information content (AvgIpc) is 3.08. The third-order valence-corrected chi connectivity index (χ3v) is 3.53. The summed E-state index contributed by atoms with van der Waals surface area (Å²) in [5, 5.41) is 11.1. The van der Waals surface area contributed by atoms with E-state index in [9.17, 15) is 4.79 Å². The Morgan fingerprint density at radius 1 is 1.08 bits per heavy atom. The first kappa shape index (κ1) is 15.9. The van der Waals surface area contributed by atoms with E-state index in [1.165, 1.54) is 0 Å². The van der Waals surface area contributed by atoms with Crippen LogP contribution < -0.4 is 5.32 Å². The summed E-state index contributed by atoms with van der Waals surface area (Å²) in [6.07, 6.45) is 0. The minimum atomic E-state index is -0.270. The molecule has 6 heteroatoms. The van der Waals surface area contributed by atoms with Crippen LogP contribution in [0.2, 0.25) is 0 Å². The number of aromatic nitrogens is 3. The van der Waals surface area contributed by atoms with Gasteiger partial charge in [0, 0.05) is 19.2 Å². The summed E-state index contributed by atoms with van der Waals surface area (Å²) in [6.45, 7) is 0.862. The molecule has 24 heavy (non-hydrogen) atoms. The van der Waals surface area contributed by atoms with E-state index in [1.54, 1.807) is 11.8 Å². The molecule has 0 fully saturated rings. The number of hydrogen-bond acceptors (Lipinski definition) is 4. The standard InChI is InChI=1S/C18H18N4O2/c1-24-13-12-19-18(23)16-17(14-8-4-2-5-9-14)22(21-20-16)15-10-6-3-7-11-15/h2-11H,12-13H2,1H3,(H,19,23). The van der Waals surface area contributed by atoms with E-state index in [0.717, 1.165) is 11.3 Å². The first-order valence-electron chi connectivity index (χ1n) is 7.65. The number of methoxy groups -OCH3 is 1. The lowest BCUT2D eigenvalue weighted by atomic mass is 10.1. The molecule has 0 unspecified atom stereocenters. The van der Waals surface area contributed by atoms with Crippen LogP contribution in [0.5, 0.6) is 0 Å². The van der Waals surface area contributed by atoms with E-state index in [0.29, 0.717) is 24.5 Å². The van der Waals surface area contributed by atoms with E-state index >= 15 is 0 Å². The minimum absolute atomic E-state index is 0.270. The monoisotopic (exact) mass is 322 g/mol. The van der Waals surface area contributed by atoms with Crippen molar-refractivity contribution in [2.45, 2.75) is 0 Å². The Kier molecular flexibility index (Phi) is 4.98. The highest BCUT2D eigenvalue weighted by Crippen LogP contribution is 2.25. The molecule has 6 nitrogen and oxygen atoms in total. The predicted octanol–water partition coefficient (Wildman–Crippen LogP) is 2.31. The van der Waals surface area contributed by atoms with Crippen molar-refractivity contribution in [3.05, 3.63) is 66.4 Å². The number of hydrogen-bond donors (Lipinski definition) is 1. The molecule has 1 aromatic heterocycles. The van der Waals surface area contributed by atoms with Crippen LogP contribution in [0.3, 0.4) is 0 Å². The highest BCUT2D eigenvalue weighted by atomic mass is 16.5. The predicted molar refractivity (Wildman–Crippen MR) is 91.0 cm³/mol. The summed E-state index contributed by atoms with van der Waals surface area (Å²) in [6, 6.07) is 19.3. The maximum Gasteiger partial charge on any atom is 0.274 e. The van der Waals surface area contributed by atoms with Gasteiger partial charge in [-0.15, -0.1) is 5.10 Å². The summed E-state index contributed by atoms with van der Waals surface area (Å²) in [5.41, 5.74) is 2.68. The molecule has 1 amide bonds. The topological polar surface area (TPSA) is 69.0 Å². The number of benzene rings is 2. The van der Waals surface area contributed by atoms with Gasteiger partial charge in [-0.3, -0.25) is 4.79 Å². The van der Waals surface area contributed by atoms with Crippen molar-refractivity contribution < 1.29 is 9.53 Å². The largest absolute Gasteiger partial charge is 0.383 e. The van der Waals surface area contributed by atoms with Gasteiger partial charge in [0.1, 0.15) is 5.69 Å². The second-order valence-corrected chi connectivity index (χ2v) is 5.15. The highest BCUT2D eigenvalue weighted by molar-refractivity contribution is 5.98. The molecular weight excluding hydrogens is 304 g/mol. The molecule has 0 radical (unpaired) electrons. The molecular formula is C18H18N4O2. The number of nitrogens with zero attached hydrogens (tertiary/aromatic N) is 3. The fourth-order valence-corrected chi connectivity index (χ4v) is 2.39. The minimum Gasteiger partial charge on any atom is -0.383 e. The van der Waals surface area contributed by atoms with Gasteiger partial charge in [0.2, 0.25) is 0 Å². The molecule has 0 aliphatic rings. The van der Waals surface area contributed by atoms with Gasteiger partial charge in [0.15, 0.2) is 5.69 Å². The maximum atomic E-state index is 12.5. The number of rotatable bonds is 6. The Balaban J connectivity index is 2.04. The molecule has 0 aliphatic heterocycles. The fraction of sp³-hybridized carbons (Fsp3) is 0.167. The Morgan fingerprint density at radius 3 is 2.42 bits per heavy atom. The second-order valence-electron chi connectivity index (χ2n) is 5.15. The lowest BCUT2D eigenvalue weighted by Gasteiger charge is -2.08. The van der Waals surface area contributed by atoms with Gasteiger partial charge >= 0.3 is 0 Å². The summed E-state index contributed by atoms with van der Waals surface area (Å²) < 4.78 is 6.64. The van der Waals surface area contributed by atoms with Gasteiger partial charge in [-0.05, 0) is 12.1 Å². The number of carbonyl (C=O) groups is 1. The van der Waals surface area contributed by atoms with Crippen molar-refractivity contribution in [1.82, 2.24) is 20.3 Å².